The van der Waals surface area contributed by atoms with E-state index in [2.05, 4.69) is 39.6 Å². The van der Waals surface area contributed by atoms with E-state index in [1.807, 2.05) is 29.3 Å². The Morgan fingerprint density at radius 3 is 2.75 bits per heavy atom. The van der Waals surface area contributed by atoms with Crippen LogP contribution in [0.2, 0.25) is 0 Å². The van der Waals surface area contributed by atoms with Crippen molar-refractivity contribution >= 4 is 17.4 Å². The lowest BCUT2D eigenvalue weighted by atomic mass is 10.2. The molecule has 2 aromatic rings. The van der Waals surface area contributed by atoms with Crippen molar-refractivity contribution in [3.8, 4) is 0 Å². The van der Waals surface area contributed by atoms with Crippen LogP contribution < -0.4 is 5.32 Å². The Morgan fingerprint density at radius 1 is 1.25 bits per heavy atom. The van der Waals surface area contributed by atoms with Crippen molar-refractivity contribution in [3.05, 3.63) is 52.5 Å². The molecule has 0 radical (unpaired) electrons. The molecular formula is C18H24N4OS. The van der Waals surface area contributed by atoms with E-state index in [4.69, 9.17) is 0 Å². The first-order valence-electron chi connectivity index (χ1n) is 8.41. The van der Waals surface area contributed by atoms with E-state index in [1.165, 1.54) is 4.88 Å². The molecule has 3 rings (SSSR count). The highest BCUT2D eigenvalue weighted by molar-refractivity contribution is 7.09. The minimum Gasteiger partial charge on any atom is -0.335 e. The zero-order valence-electron chi connectivity index (χ0n) is 14.0. The van der Waals surface area contributed by atoms with Gasteiger partial charge in [0.15, 0.2) is 0 Å². The van der Waals surface area contributed by atoms with Gasteiger partial charge in [0.05, 0.1) is 5.69 Å². The summed E-state index contributed by atoms with van der Waals surface area (Å²) in [4.78, 5) is 22.3. The normalized spacial score (nSPS) is 16.8. The summed E-state index contributed by atoms with van der Waals surface area (Å²) in [5, 5.41) is 5.19. The van der Waals surface area contributed by atoms with Crippen molar-refractivity contribution in [2.24, 2.45) is 0 Å². The number of piperazine rings is 1. The summed E-state index contributed by atoms with van der Waals surface area (Å²) in [6.45, 7) is 6.24. The van der Waals surface area contributed by atoms with Gasteiger partial charge < -0.3 is 10.2 Å². The van der Waals surface area contributed by atoms with Crippen molar-refractivity contribution in [1.29, 1.82) is 0 Å². The maximum atomic E-state index is 12.4. The Bertz CT molecular complexity index is 624. The number of amides is 2. The number of pyridine rings is 1. The monoisotopic (exact) mass is 344 g/mol. The third-order valence-corrected chi connectivity index (χ3v) is 5.13. The Balaban J connectivity index is 1.41. The fourth-order valence-corrected chi connectivity index (χ4v) is 3.75. The van der Waals surface area contributed by atoms with Crippen LogP contribution in [0.3, 0.4) is 0 Å². The van der Waals surface area contributed by atoms with Gasteiger partial charge in [0.2, 0.25) is 0 Å². The predicted molar refractivity (Wildman–Crippen MR) is 97.1 cm³/mol. The van der Waals surface area contributed by atoms with Gasteiger partial charge in [0.25, 0.3) is 0 Å². The SMILES string of the molecule is C[C@@H](Cc1cccs1)NC(=O)N1CCN(Cc2ccccn2)CC1. The number of urea groups is 1. The molecule has 1 aliphatic heterocycles. The largest absolute Gasteiger partial charge is 0.335 e. The maximum Gasteiger partial charge on any atom is 0.317 e. The molecule has 5 nitrogen and oxygen atoms in total. The molecule has 0 aromatic carbocycles. The number of carbonyl (C=O) groups is 1. The standard InChI is InChI=1S/C18H24N4OS/c1-15(13-17-6-4-12-24-17)20-18(23)22-10-8-21(9-11-22)14-16-5-2-3-7-19-16/h2-7,12,15H,8-11,13-14H2,1H3,(H,20,23)/t15-/m0/s1. The van der Waals surface area contributed by atoms with E-state index in [9.17, 15) is 4.79 Å². The minimum absolute atomic E-state index is 0.0524. The summed E-state index contributed by atoms with van der Waals surface area (Å²) in [7, 11) is 0. The molecule has 0 saturated carbocycles. The summed E-state index contributed by atoms with van der Waals surface area (Å²) in [6.07, 6.45) is 2.72. The number of hydrogen-bond donors (Lipinski definition) is 1. The van der Waals surface area contributed by atoms with Crippen LogP contribution in [0.25, 0.3) is 0 Å². The van der Waals surface area contributed by atoms with Crippen LogP contribution in [0.5, 0.6) is 0 Å². The van der Waals surface area contributed by atoms with E-state index in [1.54, 1.807) is 11.3 Å². The molecule has 0 aliphatic carbocycles. The van der Waals surface area contributed by atoms with Crippen molar-refractivity contribution in [1.82, 2.24) is 20.1 Å². The van der Waals surface area contributed by atoms with Crippen molar-refractivity contribution in [2.45, 2.75) is 25.9 Å². The average Bonchev–Trinajstić information content (AvgIpc) is 3.09. The summed E-state index contributed by atoms with van der Waals surface area (Å²) < 4.78 is 0. The number of carbonyl (C=O) groups excluding carboxylic acids is 1. The van der Waals surface area contributed by atoms with Gasteiger partial charge in [-0.15, -0.1) is 11.3 Å². The zero-order valence-corrected chi connectivity index (χ0v) is 14.8. The lowest BCUT2D eigenvalue weighted by molar-refractivity contribution is 0.133. The van der Waals surface area contributed by atoms with Crippen LogP contribution in [0.1, 0.15) is 17.5 Å². The Kier molecular flexibility index (Phi) is 5.82. The van der Waals surface area contributed by atoms with Crippen LogP contribution in [0.15, 0.2) is 41.9 Å². The summed E-state index contributed by atoms with van der Waals surface area (Å²) in [5.74, 6) is 0. The number of thiophene rings is 1. The van der Waals surface area contributed by atoms with E-state index >= 15 is 0 Å². The summed E-state index contributed by atoms with van der Waals surface area (Å²) in [5.41, 5.74) is 1.08. The zero-order chi connectivity index (χ0) is 16.8. The molecule has 1 saturated heterocycles. The van der Waals surface area contributed by atoms with Crippen LogP contribution in [0, 0.1) is 0 Å². The maximum absolute atomic E-state index is 12.4. The Morgan fingerprint density at radius 2 is 2.08 bits per heavy atom. The molecule has 3 heterocycles. The first-order valence-corrected chi connectivity index (χ1v) is 9.29. The molecule has 1 N–H and O–H groups in total. The highest BCUT2D eigenvalue weighted by Gasteiger charge is 2.22. The van der Waals surface area contributed by atoms with Crippen LogP contribution in [-0.4, -0.2) is 53.0 Å². The van der Waals surface area contributed by atoms with Gasteiger partial charge in [-0.25, -0.2) is 4.79 Å². The second-order valence-electron chi connectivity index (χ2n) is 6.22. The third-order valence-electron chi connectivity index (χ3n) is 4.23. The summed E-state index contributed by atoms with van der Waals surface area (Å²) in [6, 6.07) is 10.4. The molecule has 0 unspecified atom stereocenters. The fourth-order valence-electron chi connectivity index (χ4n) is 2.91. The molecular weight excluding hydrogens is 320 g/mol. The van der Waals surface area contributed by atoms with Crippen LogP contribution >= 0.6 is 11.3 Å². The smallest absolute Gasteiger partial charge is 0.317 e. The van der Waals surface area contributed by atoms with Gasteiger partial charge in [-0.2, -0.15) is 0 Å². The highest BCUT2D eigenvalue weighted by atomic mass is 32.1. The fraction of sp³-hybridized carbons (Fsp3) is 0.444. The molecule has 2 amide bonds. The average molecular weight is 344 g/mol. The predicted octanol–water partition coefficient (Wildman–Crippen LogP) is 2.60. The van der Waals surface area contributed by atoms with Gasteiger partial charge in [-0.05, 0) is 30.5 Å². The topological polar surface area (TPSA) is 48.5 Å². The van der Waals surface area contributed by atoms with Gasteiger partial charge in [-0.3, -0.25) is 9.88 Å². The van der Waals surface area contributed by atoms with Gasteiger partial charge in [-0.1, -0.05) is 12.1 Å². The molecule has 2 aromatic heterocycles. The molecule has 6 heteroatoms. The van der Waals surface area contributed by atoms with Gasteiger partial charge >= 0.3 is 6.03 Å². The lowest BCUT2D eigenvalue weighted by Gasteiger charge is -2.35. The van der Waals surface area contributed by atoms with Crippen molar-refractivity contribution in [3.63, 3.8) is 0 Å². The van der Waals surface area contributed by atoms with Crippen molar-refractivity contribution in [2.75, 3.05) is 26.2 Å². The van der Waals surface area contributed by atoms with E-state index < -0.39 is 0 Å². The number of nitrogens with zero attached hydrogens (tertiary/aromatic N) is 3. The Labute approximate surface area is 147 Å². The van der Waals surface area contributed by atoms with Gasteiger partial charge in [0.1, 0.15) is 0 Å². The molecule has 1 atom stereocenters. The van der Waals surface area contributed by atoms with Crippen LogP contribution in [0.4, 0.5) is 4.79 Å². The molecule has 1 fully saturated rings. The molecule has 0 bridgehead atoms. The first-order chi connectivity index (χ1) is 11.7. The molecule has 24 heavy (non-hydrogen) atoms. The third kappa shape index (κ3) is 4.79. The van der Waals surface area contributed by atoms with Crippen molar-refractivity contribution < 1.29 is 4.79 Å². The van der Waals surface area contributed by atoms with E-state index in [-0.39, 0.29) is 12.1 Å². The first kappa shape index (κ1) is 16.9. The summed E-state index contributed by atoms with van der Waals surface area (Å²) >= 11 is 1.74. The molecule has 1 aliphatic rings. The minimum atomic E-state index is 0.0524. The second-order valence-corrected chi connectivity index (χ2v) is 7.25. The number of aromatic nitrogens is 1. The van der Waals surface area contributed by atoms with E-state index in [0.717, 1.165) is 44.8 Å². The number of nitrogens with one attached hydrogen (secondary N) is 1. The molecule has 128 valence electrons. The van der Waals surface area contributed by atoms with E-state index in [0.29, 0.717) is 0 Å². The number of hydrogen-bond acceptors (Lipinski definition) is 4. The molecule has 0 spiro atoms. The van der Waals surface area contributed by atoms with Crippen LogP contribution in [-0.2, 0) is 13.0 Å². The lowest BCUT2D eigenvalue weighted by Crippen LogP contribution is -2.53. The number of rotatable bonds is 5. The quantitative estimate of drug-likeness (QED) is 0.907. The van der Waals surface area contributed by atoms with Gasteiger partial charge in [0, 0.05) is 56.3 Å². The second kappa shape index (κ2) is 8.26. The highest BCUT2D eigenvalue weighted by Crippen LogP contribution is 2.12. The Hall–Kier alpha value is -1.92.